The van der Waals surface area contributed by atoms with E-state index < -0.39 is 31.8 Å². The summed E-state index contributed by atoms with van der Waals surface area (Å²) >= 11 is 0. The van der Waals surface area contributed by atoms with Gasteiger partial charge >= 0.3 is 6.18 Å². The van der Waals surface area contributed by atoms with Crippen molar-refractivity contribution in [3.8, 4) is 0 Å². The van der Waals surface area contributed by atoms with Gasteiger partial charge in [-0.25, -0.2) is 16.8 Å². The summed E-state index contributed by atoms with van der Waals surface area (Å²) < 4.78 is 93.7. The molecule has 0 saturated carbocycles. The van der Waals surface area contributed by atoms with Crippen LogP contribution in [0.3, 0.4) is 0 Å². The third-order valence-corrected chi connectivity index (χ3v) is 7.15. The second-order valence-electron chi connectivity index (χ2n) is 6.58. The summed E-state index contributed by atoms with van der Waals surface area (Å²) in [4.78, 5) is -0.291. The zero-order chi connectivity index (χ0) is 22.9. The predicted molar refractivity (Wildman–Crippen MR) is 111 cm³/mol. The molecule has 0 unspecified atom stereocenters. The first-order valence-electron chi connectivity index (χ1n) is 8.77. The molecule has 164 valence electrons. The lowest BCUT2D eigenvalue weighted by atomic mass is 10.2. The number of nitrogens with one attached hydrogen (secondary N) is 2. The van der Waals surface area contributed by atoms with Crippen LogP contribution < -0.4 is 9.44 Å². The van der Waals surface area contributed by atoms with Crippen molar-refractivity contribution in [2.75, 3.05) is 9.44 Å². The minimum Gasteiger partial charge on any atom is -0.280 e. The van der Waals surface area contributed by atoms with Gasteiger partial charge in [0.05, 0.1) is 21.0 Å². The van der Waals surface area contributed by atoms with Gasteiger partial charge in [0, 0.05) is 5.69 Å². The van der Waals surface area contributed by atoms with Gasteiger partial charge in [0.2, 0.25) is 0 Å². The molecule has 2 N–H and O–H groups in total. The molecule has 0 heterocycles. The van der Waals surface area contributed by atoms with Crippen LogP contribution in [-0.4, -0.2) is 16.8 Å². The van der Waals surface area contributed by atoms with Crippen molar-refractivity contribution in [1.82, 2.24) is 0 Å². The Morgan fingerprint density at radius 1 is 0.710 bits per heavy atom. The quantitative estimate of drug-likeness (QED) is 0.550. The molecule has 31 heavy (non-hydrogen) atoms. The monoisotopic (exact) mass is 470 g/mol. The molecule has 11 heteroatoms. The van der Waals surface area contributed by atoms with Crippen molar-refractivity contribution < 1.29 is 30.0 Å². The van der Waals surface area contributed by atoms with Gasteiger partial charge in [0.1, 0.15) is 0 Å². The lowest BCUT2D eigenvalue weighted by molar-refractivity contribution is -0.137. The second kappa shape index (κ2) is 8.23. The highest BCUT2D eigenvalue weighted by Crippen LogP contribution is 2.31. The molecule has 0 saturated heterocycles. The summed E-state index contributed by atoms with van der Waals surface area (Å²) in [6.45, 7) is 1.48. The standard InChI is InChI=1S/C20H17F3N2O4S2/c1-14-10-11-17(24-30(26,27)18-8-3-2-4-9-18)13-19(14)31(28,29)25-16-7-5-6-15(12-16)20(21,22)23/h2-13,24-25H,1H3. The number of rotatable bonds is 6. The zero-order valence-electron chi connectivity index (χ0n) is 16.0. The number of aryl methyl sites for hydroxylation is 1. The minimum absolute atomic E-state index is 0.0120. The average Bonchev–Trinajstić information content (AvgIpc) is 2.69. The summed E-state index contributed by atoms with van der Waals surface area (Å²) in [5, 5.41) is 0. The Hall–Kier alpha value is -3.05. The largest absolute Gasteiger partial charge is 0.416 e. The highest BCUT2D eigenvalue weighted by molar-refractivity contribution is 7.93. The number of hydrogen-bond donors (Lipinski definition) is 2. The first-order valence-corrected chi connectivity index (χ1v) is 11.7. The Kier molecular flexibility index (Phi) is 6.01. The van der Waals surface area contributed by atoms with Gasteiger partial charge in [-0.1, -0.05) is 30.3 Å². The summed E-state index contributed by atoms with van der Waals surface area (Å²) in [6.07, 6.45) is -4.63. The molecule has 0 aliphatic carbocycles. The molecule has 0 bridgehead atoms. The van der Waals surface area contributed by atoms with Gasteiger partial charge in [0.25, 0.3) is 20.0 Å². The number of benzene rings is 3. The number of hydrogen-bond acceptors (Lipinski definition) is 4. The van der Waals surface area contributed by atoms with Crippen LogP contribution in [0.15, 0.2) is 82.6 Å². The van der Waals surface area contributed by atoms with Crippen LogP contribution >= 0.6 is 0 Å². The summed E-state index contributed by atoms with van der Waals surface area (Å²) in [7, 11) is -8.26. The van der Waals surface area contributed by atoms with Gasteiger partial charge in [-0.3, -0.25) is 9.44 Å². The van der Waals surface area contributed by atoms with Crippen molar-refractivity contribution >= 4 is 31.4 Å². The molecule has 0 spiro atoms. The molecule has 3 rings (SSSR count). The van der Waals surface area contributed by atoms with Crippen LogP contribution in [0.25, 0.3) is 0 Å². The van der Waals surface area contributed by atoms with Crippen LogP contribution in [-0.2, 0) is 26.2 Å². The molecule has 0 amide bonds. The highest BCUT2D eigenvalue weighted by atomic mass is 32.2. The number of alkyl halides is 3. The van der Waals surface area contributed by atoms with E-state index >= 15 is 0 Å². The zero-order valence-corrected chi connectivity index (χ0v) is 17.6. The molecule has 0 aliphatic rings. The fraction of sp³-hybridized carbons (Fsp3) is 0.100. The van der Waals surface area contributed by atoms with E-state index in [0.29, 0.717) is 6.07 Å². The minimum atomic E-state index is -4.63. The predicted octanol–water partition coefficient (Wildman–Crippen LogP) is 4.62. The van der Waals surface area contributed by atoms with Crippen LogP contribution in [0, 0.1) is 6.92 Å². The SMILES string of the molecule is Cc1ccc(NS(=O)(=O)c2ccccc2)cc1S(=O)(=O)Nc1cccc(C(F)(F)F)c1. The number of sulfonamides is 2. The second-order valence-corrected chi connectivity index (χ2v) is 9.92. The maximum atomic E-state index is 12.9. The maximum absolute atomic E-state index is 12.9. The lowest BCUT2D eigenvalue weighted by Gasteiger charge is -2.14. The third kappa shape index (κ3) is 5.36. The molecule has 0 aromatic heterocycles. The van der Waals surface area contributed by atoms with E-state index in [1.807, 2.05) is 0 Å². The average molecular weight is 470 g/mol. The van der Waals surface area contributed by atoms with Crippen LogP contribution in [0.2, 0.25) is 0 Å². The summed E-state index contributed by atoms with van der Waals surface area (Å²) in [5.41, 5.74) is -1.01. The van der Waals surface area contributed by atoms with E-state index in [4.69, 9.17) is 0 Å². The lowest BCUT2D eigenvalue weighted by Crippen LogP contribution is -2.17. The Balaban J connectivity index is 1.92. The smallest absolute Gasteiger partial charge is 0.280 e. The van der Waals surface area contributed by atoms with Gasteiger partial charge in [-0.15, -0.1) is 0 Å². The molecule has 3 aromatic carbocycles. The maximum Gasteiger partial charge on any atom is 0.416 e. The number of halogens is 3. The number of anilines is 2. The van der Waals surface area contributed by atoms with Gasteiger partial charge in [-0.2, -0.15) is 13.2 Å². The summed E-state index contributed by atoms with van der Waals surface area (Å²) in [5.74, 6) is 0. The molecule has 6 nitrogen and oxygen atoms in total. The highest BCUT2D eigenvalue weighted by Gasteiger charge is 2.31. The van der Waals surface area contributed by atoms with E-state index in [0.717, 1.165) is 18.2 Å². The Labute approximate surface area is 177 Å². The van der Waals surface area contributed by atoms with E-state index in [2.05, 4.69) is 9.44 Å². The van der Waals surface area contributed by atoms with E-state index in [1.165, 1.54) is 37.3 Å². The van der Waals surface area contributed by atoms with Crippen LogP contribution in [0.5, 0.6) is 0 Å². The Morgan fingerprint density at radius 3 is 1.97 bits per heavy atom. The van der Waals surface area contributed by atoms with Crippen LogP contribution in [0.1, 0.15) is 11.1 Å². The molecular weight excluding hydrogens is 453 g/mol. The molecular formula is C20H17F3N2O4S2. The first kappa shape index (κ1) is 22.6. The van der Waals surface area contributed by atoms with Gasteiger partial charge in [0.15, 0.2) is 0 Å². The topological polar surface area (TPSA) is 92.3 Å². The fourth-order valence-corrected chi connectivity index (χ4v) is 5.13. The summed E-state index contributed by atoms with van der Waals surface area (Å²) in [6, 6.07) is 15.1. The van der Waals surface area contributed by atoms with E-state index in [1.54, 1.807) is 18.2 Å². The Bertz CT molecular complexity index is 1310. The van der Waals surface area contributed by atoms with Crippen molar-refractivity contribution in [3.63, 3.8) is 0 Å². The molecule has 0 radical (unpaired) electrons. The molecule has 0 fully saturated rings. The fourth-order valence-electron chi connectivity index (χ4n) is 2.74. The normalized spacial score (nSPS) is 12.4. The van der Waals surface area contributed by atoms with Crippen molar-refractivity contribution in [3.05, 3.63) is 83.9 Å². The van der Waals surface area contributed by atoms with Gasteiger partial charge < -0.3 is 0 Å². The van der Waals surface area contributed by atoms with Gasteiger partial charge in [-0.05, 0) is 55.0 Å². The molecule has 0 atom stereocenters. The van der Waals surface area contributed by atoms with Crippen molar-refractivity contribution in [2.24, 2.45) is 0 Å². The van der Waals surface area contributed by atoms with Crippen LogP contribution in [0.4, 0.5) is 24.5 Å². The van der Waals surface area contributed by atoms with E-state index in [9.17, 15) is 30.0 Å². The third-order valence-electron chi connectivity index (χ3n) is 4.23. The van der Waals surface area contributed by atoms with Crippen molar-refractivity contribution in [1.29, 1.82) is 0 Å². The molecule has 0 aliphatic heterocycles. The molecule has 3 aromatic rings. The van der Waals surface area contributed by atoms with Crippen molar-refractivity contribution in [2.45, 2.75) is 22.9 Å². The first-order chi connectivity index (χ1) is 14.4. The van der Waals surface area contributed by atoms with E-state index in [-0.39, 0.29) is 26.7 Å². The Morgan fingerprint density at radius 2 is 1.32 bits per heavy atom.